The van der Waals surface area contributed by atoms with Crippen molar-refractivity contribution in [3.05, 3.63) is 70.2 Å². The van der Waals surface area contributed by atoms with Gasteiger partial charge in [-0.3, -0.25) is 11.3 Å². The van der Waals surface area contributed by atoms with E-state index in [1.165, 1.54) is 11.1 Å². The van der Waals surface area contributed by atoms with Crippen LogP contribution in [-0.4, -0.2) is 0 Å². The molecular formula is C16H19ClN2. The van der Waals surface area contributed by atoms with E-state index in [0.717, 1.165) is 23.4 Å². The van der Waals surface area contributed by atoms with E-state index >= 15 is 0 Å². The first-order chi connectivity index (χ1) is 9.22. The second kappa shape index (κ2) is 6.71. The second-order valence-electron chi connectivity index (χ2n) is 4.71. The van der Waals surface area contributed by atoms with Gasteiger partial charge in [-0.25, -0.2) is 0 Å². The predicted octanol–water partition coefficient (Wildman–Crippen LogP) is 3.79. The van der Waals surface area contributed by atoms with Crippen molar-refractivity contribution >= 4 is 11.6 Å². The van der Waals surface area contributed by atoms with Crippen LogP contribution in [0.1, 0.15) is 29.2 Å². The van der Waals surface area contributed by atoms with Crippen LogP contribution in [-0.2, 0) is 6.42 Å². The predicted molar refractivity (Wildman–Crippen MR) is 81.0 cm³/mol. The highest BCUT2D eigenvalue weighted by Crippen LogP contribution is 2.26. The minimum Gasteiger partial charge on any atom is -0.271 e. The molecule has 0 aliphatic heterocycles. The normalized spacial score (nSPS) is 12.4. The molecule has 3 heteroatoms. The van der Waals surface area contributed by atoms with Crippen LogP contribution in [0.4, 0.5) is 0 Å². The highest BCUT2D eigenvalue weighted by Gasteiger charge is 2.13. The van der Waals surface area contributed by atoms with E-state index in [2.05, 4.69) is 36.6 Å². The fraction of sp³-hybridized carbons (Fsp3) is 0.250. The van der Waals surface area contributed by atoms with Crippen LogP contribution < -0.4 is 11.3 Å². The summed E-state index contributed by atoms with van der Waals surface area (Å²) in [6.07, 6.45) is 1.90. The van der Waals surface area contributed by atoms with E-state index in [1.807, 2.05) is 24.3 Å². The van der Waals surface area contributed by atoms with Crippen LogP contribution in [0, 0.1) is 6.92 Å². The van der Waals surface area contributed by atoms with Crippen molar-refractivity contribution in [3.8, 4) is 0 Å². The molecule has 2 rings (SSSR count). The number of hydrazine groups is 1. The molecule has 1 atom stereocenters. The van der Waals surface area contributed by atoms with Gasteiger partial charge in [0.15, 0.2) is 0 Å². The molecule has 0 aliphatic rings. The third-order valence-corrected chi connectivity index (χ3v) is 3.79. The van der Waals surface area contributed by atoms with Crippen molar-refractivity contribution in [2.45, 2.75) is 25.8 Å². The zero-order valence-electron chi connectivity index (χ0n) is 11.1. The molecule has 0 amide bonds. The fourth-order valence-electron chi connectivity index (χ4n) is 2.28. The van der Waals surface area contributed by atoms with Gasteiger partial charge in [0.05, 0.1) is 0 Å². The Morgan fingerprint density at radius 3 is 2.47 bits per heavy atom. The van der Waals surface area contributed by atoms with Gasteiger partial charge in [0.1, 0.15) is 0 Å². The Hall–Kier alpha value is -1.35. The van der Waals surface area contributed by atoms with Gasteiger partial charge in [0.2, 0.25) is 0 Å². The summed E-state index contributed by atoms with van der Waals surface area (Å²) >= 11 is 6.22. The number of hydrogen-bond acceptors (Lipinski definition) is 2. The Kier molecular flexibility index (Phi) is 4.97. The number of rotatable bonds is 5. The fourth-order valence-corrected chi connectivity index (χ4v) is 2.54. The van der Waals surface area contributed by atoms with Gasteiger partial charge in [-0.1, -0.05) is 54.1 Å². The number of halogens is 1. The molecular weight excluding hydrogens is 256 g/mol. The Bertz CT molecular complexity index is 540. The molecule has 0 bridgehead atoms. The van der Waals surface area contributed by atoms with Crippen molar-refractivity contribution in [2.24, 2.45) is 5.84 Å². The summed E-state index contributed by atoms with van der Waals surface area (Å²) in [5.41, 5.74) is 6.59. The van der Waals surface area contributed by atoms with E-state index in [9.17, 15) is 0 Å². The average Bonchev–Trinajstić information content (AvgIpc) is 2.43. The molecule has 2 nitrogen and oxygen atoms in total. The molecule has 0 heterocycles. The molecule has 2 aromatic rings. The van der Waals surface area contributed by atoms with Gasteiger partial charge >= 0.3 is 0 Å². The summed E-state index contributed by atoms with van der Waals surface area (Å²) in [6, 6.07) is 16.3. The minimum atomic E-state index is 0.0771. The number of aryl methyl sites for hydroxylation is 2. The van der Waals surface area contributed by atoms with Crippen LogP contribution in [0.15, 0.2) is 48.5 Å². The van der Waals surface area contributed by atoms with E-state index < -0.39 is 0 Å². The highest BCUT2D eigenvalue weighted by molar-refractivity contribution is 6.31. The molecule has 0 saturated carbocycles. The van der Waals surface area contributed by atoms with Crippen molar-refractivity contribution in [1.29, 1.82) is 0 Å². The van der Waals surface area contributed by atoms with E-state index in [0.29, 0.717) is 0 Å². The standard InChI is InChI=1S/C16H19ClN2/c1-12-6-2-3-7-13(12)10-11-16(19-18)14-8-4-5-9-15(14)17/h2-9,16,19H,10-11,18H2,1H3. The number of nitrogens with one attached hydrogen (secondary N) is 1. The van der Waals surface area contributed by atoms with Crippen LogP contribution in [0.2, 0.25) is 5.02 Å². The lowest BCUT2D eigenvalue weighted by atomic mass is 9.97. The molecule has 19 heavy (non-hydrogen) atoms. The molecule has 0 fully saturated rings. The average molecular weight is 275 g/mol. The number of nitrogens with two attached hydrogens (primary N) is 1. The van der Waals surface area contributed by atoms with Crippen molar-refractivity contribution in [3.63, 3.8) is 0 Å². The van der Waals surface area contributed by atoms with E-state index in [1.54, 1.807) is 0 Å². The Balaban J connectivity index is 2.09. The molecule has 3 N–H and O–H groups in total. The van der Waals surface area contributed by atoms with Crippen LogP contribution in [0.3, 0.4) is 0 Å². The van der Waals surface area contributed by atoms with Crippen molar-refractivity contribution in [2.75, 3.05) is 0 Å². The first-order valence-corrected chi connectivity index (χ1v) is 6.85. The molecule has 1 unspecified atom stereocenters. The molecule has 0 radical (unpaired) electrons. The Morgan fingerprint density at radius 2 is 1.79 bits per heavy atom. The van der Waals surface area contributed by atoms with E-state index in [-0.39, 0.29) is 6.04 Å². The van der Waals surface area contributed by atoms with E-state index in [4.69, 9.17) is 17.4 Å². The molecule has 0 aliphatic carbocycles. The van der Waals surface area contributed by atoms with Crippen LogP contribution in [0.5, 0.6) is 0 Å². The first kappa shape index (κ1) is 14.1. The summed E-state index contributed by atoms with van der Waals surface area (Å²) in [5.74, 6) is 5.67. The molecule has 0 spiro atoms. The van der Waals surface area contributed by atoms with Gasteiger partial charge < -0.3 is 0 Å². The van der Waals surface area contributed by atoms with Gasteiger partial charge in [-0.15, -0.1) is 0 Å². The van der Waals surface area contributed by atoms with Gasteiger partial charge in [0, 0.05) is 11.1 Å². The summed E-state index contributed by atoms with van der Waals surface area (Å²) in [5, 5.41) is 0.759. The number of hydrogen-bond donors (Lipinski definition) is 2. The highest BCUT2D eigenvalue weighted by atomic mass is 35.5. The quantitative estimate of drug-likeness (QED) is 0.643. The Labute approximate surface area is 119 Å². The minimum absolute atomic E-state index is 0.0771. The van der Waals surface area contributed by atoms with Crippen LogP contribution >= 0.6 is 11.6 Å². The summed E-state index contributed by atoms with van der Waals surface area (Å²) in [6.45, 7) is 2.13. The maximum absolute atomic E-state index is 6.22. The SMILES string of the molecule is Cc1ccccc1CCC(NN)c1ccccc1Cl. The van der Waals surface area contributed by atoms with Gasteiger partial charge in [0.25, 0.3) is 0 Å². The smallest absolute Gasteiger partial charge is 0.0477 e. The number of benzene rings is 2. The molecule has 100 valence electrons. The Morgan fingerprint density at radius 1 is 1.11 bits per heavy atom. The topological polar surface area (TPSA) is 38.0 Å². The monoisotopic (exact) mass is 274 g/mol. The zero-order chi connectivity index (χ0) is 13.7. The van der Waals surface area contributed by atoms with Gasteiger partial charge in [-0.05, 0) is 42.5 Å². The first-order valence-electron chi connectivity index (χ1n) is 6.47. The van der Waals surface area contributed by atoms with Crippen molar-refractivity contribution in [1.82, 2.24) is 5.43 Å². The lowest BCUT2D eigenvalue weighted by Gasteiger charge is -2.18. The molecule has 0 aromatic heterocycles. The third-order valence-electron chi connectivity index (χ3n) is 3.45. The lowest BCUT2D eigenvalue weighted by Crippen LogP contribution is -2.28. The zero-order valence-corrected chi connectivity index (χ0v) is 11.8. The molecule has 0 saturated heterocycles. The van der Waals surface area contributed by atoms with Crippen molar-refractivity contribution < 1.29 is 0 Å². The summed E-state index contributed by atoms with van der Waals surface area (Å²) in [4.78, 5) is 0. The summed E-state index contributed by atoms with van der Waals surface area (Å²) < 4.78 is 0. The maximum atomic E-state index is 6.22. The lowest BCUT2D eigenvalue weighted by molar-refractivity contribution is 0.516. The van der Waals surface area contributed by atoms with Gasteiger partial charge in [-0.2, -0.15) is 0 Å². The summed E-state index contributed by atoms with van der Waals surface area (Å²) in [7, 11) is 0. The maximum Gasteiger partial charge on any atom is 0.0477 e. The van der Waals surface area contributed by atoms with Crippen LogP contribution in [0.25, 0.3) is 0 Å². The second-order valence-corrected chi connectivity index (χ2v) is 5.11. The molecule has 2 aromatic carbocycles. The third kappa shape index (κ3) is 3.57. The largest absolute Gasteiger partial charge is 0.271 e.